The van der Waals surface area contributed by atoms with Crippen LogP contribution in [0.2, 0.25) is 0 Å². The van der Waals surface area contributed by atoms with Gasteiger partial charge in [0.15, 0.2) is 4.34 Å². The van der Waals surface area contributed by atoms with E-state index in [1.54, 1.807) is 25.2 Å². The highest BCUT2D eigenvalue weighted by atomic mass is 32.2. The van der Waals surface area contributed by atoms with Gasteiger partial charge in [0, 0.05) is 25.4 Å². The van der Waals surface area contributed by atoms with E-state index in [1.807, 2.05) is 0 Å². The van der Waals surface area contributed by atoms with Gasteiger partial charge in [-0.1, -0.05) is 11.8 Å². The van der Waals surface area contributed by atoms with Crippen molar-refractivity contribution in [2.45, 2.75) is 17.3 Å². The first-order chi connectivity index (χ1) is 6.83. The number of ether oxygens (including phenoxy) is 1. The maximum absolute atomic E-state index is 5.02. The smallest absolute Gasteiger partial charge is 0.169 e. The van der Waals surface area contributed by atoms with Crippen LogP contribution in [0.25, 0.3) is 0 Å². The first kappa shape index (κ1) is 11.9. The van der Waals surface area contributed by atoms with E-state index in [0.717, 1.165) is 23.2 Å². The van der Waals surface area contributed by atoms with Crippen LogP contribution >= 0.6 is 23.3 Å². The Bertz CT molecular complexity index is 231. The van der Waals surface area contributed by atoms with Crippen molar-refractivity contribution in [3.05, 3.63) is 6.33 Å². The summed E-state index contributed by atoms with van der Waals surface area (Å²) in [4.78, 5) is 4.09. The van der Waals surface area contributed by atoms with E-state index in [-0.39, 0.29) is 0 Å². The molecular weight excluding hydrogens is 218 g/mol. The van der Waals surface area contributed by atoms with Gasteiger partial charge < -0.3 is 10.1 Å². The molecule has 1 aromatic heterocycles. The minimum absolute atomic E-state index is 0.412. The van der Waals surface area contributed by atoms with Gasteiger partial charge in [-0.15, -0.1) is 0 Å². The van der Waals surface area contributed by atoms with Gasteiger partial charge in [0.1, 0.15) is 6.33 Å². The molecule has 0 bridgehead atoms. The van der Waals surface area contributed by atoms with Gasteiger partial charge in [-0.25, -0.2) is 4.98 Å². The van der Waals surface area contributed by atoms with Gasteiger partial charge in [0.05, 0.1) is 6.61 Å². The van der Waals surface area contributed by atoms with Crippen LogP contribution in [0, 0.1) is 0 Å². The second-order valence-electron chi connectivity index (χ2n) is 2.87. The molecule has 0 aliphatic heterocycles. The number of nitrogens with one attached hydrogen (secondary N) is 1. The number of nitrogens with zero attached hydrogens (tertiary/aromatic N) is 2. The average Bonchev–Trinajstić information content (AvgIpc) is 2.65. The third kappa shape index (κ3) is 4.90. The molecule has 1 atom stereocenters. The molecule has 80 valence electrons. The van der Waals surface area contributed by atoms with Gasteiger partial charge in [-0.3, -0.25) is 0 Å². The largest absolute Gasteiger partial charge is 0.383 e. The summed E-state index contributed by atoms with van der Waals surface area (Å²) in [7, 11) is 1.72. The van der Waals surface area contributed by atoms with E-state index < -0.39 is 0 Å². The molecule has 0 spiro atoms. The lowest BCUT2D eigenvalue weighted by Gasteiger charge is -2.11. The number of aromatic nitrogens is 2. The lowest BCUT2D eigenvalue weighted by atomic mass is 10.4. The van der Waals surface area contributed by atoms with E-state index in [9.17, 15) is 0 Å². The van der Waals surface area contributed by atoms with Crippen LogP contribution in [-0.4, -0.2) is 41.4 Å². The van der Waals surface area contributed by atoms with Crippen LogP contribution in [0.5, 0.6) is 0 Å². The lowest BCUT2D eigenvalue weighted by Crippen LogP contribution is -2.31. The van der Waals surface area contributed by atoms with Crippen LogP contribution < -0.4 is 5.32 Å². The average molecular weight is 233 g/mol. The fourth-order valence-corrected chi connectivity index (χ4v) is 2.36. The first-order valence-electron chi connectivity index (χ1n) is 4.44. The number of hydrogen-bond acceptors (Lipinski definition) is 6. The topological polar surface area (TPSA) is 47.0 Å². The zero-order valence-corrected chi connectivity index (χ0v) is 10.0. The third-order valence-electron chi connectivity index (χ3n) is 1.58. The molecule has 1 unspecified atom stereocenters. The van der Waals surface area contributed by atoms with Crippen molar-refractivity contribution < 1.29 is 4.74 Å². The van der Waals surface area contributed by atoms with Gasteiger partial charge in [0.2, 0.25) is 0 Å². The van der Waals surface area contributed by atoms with E-state index in [2.05, 4.69) is 21.6 Å². The van der Waals surface area contributed by atoms with Crippen molar-refractivity contribution >= 4 is 23.3 Å². The van der Waals surface area contributed by atoms with Crippen molar-refractivity contribution in [3.8, 4) is 0 Å². The van der Waals surface area contributed by atoms with Crippen molar-refractivity contribution in [1.29, 1.82) is 0 Å². The molecule has 14 heavy (non-hydrogen) atoms. The lowest BCUT2D eigenvalue weighted by molar-refractivity contribution is 0.173. The Morgan fingerprint density at radius 3 is 3.21 bits per heavy atom. The minimum atomic E-state index is 0.412. The van der Waals surface area contributed by atoms with Crippen LogP contribution in [0.1, 0.15) is 6.92 Å². The van der Waals surface area contributed by atoms with Crippen LogP contribution in [-0.2, 0) is 4.74 Å². The summed E-state index contributed by atoms with van der Waals surface area (Å²) < 4.78 is 9.99. The van der Waals surface area contributed by atoms with Crippen molar-refractivity contribution in [3.63, 3.8) is 0 Å². The van der Waals surface area contributed by atoms with Gasteiger partial charge in [-0.05, 0) is 18.5 Å². The number of methoxy groups -OCH3 is 1. The highest BCUT2D eigenvalue weighted by Crippen LogP contribution is 2.16. The molecule has 1 heterocycles. The molecule has 1 N–H and O–H groups in total. The fourth-order valence-electron chi connectivity index (χ4n) is 0.979. The van der Waals surface area contributed by atoms with E-state index in [4.69, 9.17) is 4.74 Å². The molecule has 0 aliphatic rings. The standard InChI is InChI=1S/C8H15N3OS2/c1-7(5-12-2)9-3-4-13-8-10-6-11-14-8/h6-7,9H,3-5H2,1-2H3. The highest BCUT2D eigenvalue weighted by molar-refractivity contribution is 8.00. The Kier molecular flexibility index (Phi) is 6.09. The van der Waals surface area contributed by atoms with Gasteiger partial charge in [0.25, 0.3) is 0 Å². The predicted molar refractivity (Wildman–Crippen MR) is 60.0 cm³/mol. The minimum Gasteiger partial charge on any atom is -0.383 e. The number of thioether (sulfide) groups is 1. The van der Waals surface area contributed by atoms with Crippen LogP contribution in [0.15, 0.2) is 10.7 Å². The first-order valence-corrected chi connectivity index (χ1v) is 6.20. The van der Waals surface area contributed by atoms with E-state index >= 15 is 0 Å². The summed E-state index contributed by atoms with van der Waals surface area (Å²) in [6.07, 6.45) is 1.59. The predicted octanol–water partition coefficient (Wildman–Crippen LogP) is 1.25. The van der Waals surface area contributed by atoms with E-state index in [1.165, 1.54) is 11.5 Å². The Labute approximate surface area is 92.6 Å². The van der Waals surface area contributed by atoms with Gasteiger partial charge in [-0.2, -0.15) is 4.37 Å². The molecule has 0 fully saturated rings. The van der Waals surface area contributed by atoms with Gasteiger partial charge >= 0.3 is 0 Å². The Morgan fingerprint density at radius 1 is 1.71 bits per heavy atom. The molecule has 0 aliphatic carbocycles. The van der Waals surface area contributed by atoms with Crippen LogP contribution in [0.3, 0.4) is 0 Å². The summed E-state index contributed by atoms with van der Waals surface area (Å²) in [6, 6.07) is 0.412. The summed E-state index contributed by atoms with van der Waals surface area (Å²) in [6.45, 7) is 3.83. The monoisotopic (exact) mass is 233 g/mol. The summed E-state index contributed by atoms with van der Waals surface area (Å²) in [5, 5.41) is 3.36. The number of hydrogen-bond donors (Lipinski definition) is 1. The number of rotatable bonds is 7. The summed E-state index contributed by atoms with van der Waals surface area (Å²) >= 11 is 3.17. The van der Waals surface area contributed by atoms with Crippen molar-refractivity contribution in [2.24, 2.45) is 0 Å². The Balaban J connectivity index is 1.99. The maximum atomic E-state index is 5.02. The highest BCUT2D eigenvalue weighted by Gasteiger charge is 2.00. The summed E-state index contributed by atoms with van der Waals surface area (Å²) in [5.74, 6) is 1.02. The Morgan fingerprint density at radius 2 is 2.57 bits per heavy atom. The second kappa shape index (κ2) is 7.17. The third-order valence-corrected chi connectivity index (χ3v) is 3.38. The molecule has 0 aromatic carbocycles. The molecule has 1 rings (SSSR count). The molecule has 0 amide bonds. The Hall–Kier alpha value is -0.170. The SMILES string of the molecule is COCC(C)NCCSc1ncns1. The van der Waals surface area contributed by atoms with Crippen molar-refractivity contribution in [1.82, 2.24) is 14.7 Å². The fraction of sp³-hybridized carbons (Fsp3) is 0.750. The normalized spacial score (nSPS) is 13.0. The van der Waals surface area contributed by atoms with E-state index in [0.29, 0.717) is 6.04 Å². The molecule has 0 radical (unpaired) electrons. The molecule has 0 saturated carbocycles. The van der Waals surface area contributed by atoms with Crippen LogP contribution in [0.4, 0.5) is 0 Å². The molecule has 0 saturated heterocycles. The molecule has 4 nitrogen and oxygen atoms in total. The molecular formula is C8H15N3OS2. The summed E-state index contributed by atoms with van der Waals surface area (Å²) in [5.41, 5.74) is 0. The zero-order valence-electron chi connectivity index (χ0n) is 8.40. The molecule has 6 heteroatoms. The second-order valence-corrected chi connectivity index (χ2v) is 4.99. The quantitative estimate of drug-likeness (QED) is 0.567. The van der Waals surface area contributed by atoms with Crippen molar-refractivity contribution in [2.75, 3.05) is 26.0 Å². The zero-order chi connectivity index (χ0) is 10.2. The maximum Gasteiger partial charge on any atom is 0.169 e. The molecule has 1 aromatic rings.